The van der Waals surface area contributed by atoms with Gasteiger partial charge in [-0.1, -0.05) is 40.5 Å². The van der Waals surface area contributed by atoms with Crippen LogP contribution in [-0.4, -0.2) is 16.0 Å². The number of nitrogens with zero attached hydrogens (tertiary/aromatic N) is 2. The van der Waals surface area contributed by atoms with Crippen LogP contribution in [0.25, 0.3) is 0 Å². The first-order valence-corrected chi connectivity index (χ1v) is 7.70. The summed E-state index contributed by atoms with van der Waals surface area (Å²) in [5.41, 5.74) is 6.95. The Morgan fingerprint density at radius 1 is 1.15 bits per heavy atom. The molecule has 1 aliphatic carbocycles. The zero-order chi connectivity index (χ0) is 14.9. The standard InChI is InChI=1S/C16H28N4/c1-10-8-6-7-9-12(10)18-14-11(2)13(17)19-15(20-14)16(3,4)5/h10,12H,6-9H2,1-5H3,(H3,17,18,19,20). The van der Waals surface area contributed by atoms with Gasteiger partial charge in [-0.15, -0.1) is 0 Å². The van der Waals surface area contributed by atoms with E-state index < -0.39 is 0 Å². The van der Waals surface area contributed by atoms with Crippen LogP contribution in [0.3, 0.4) is 0 Å². The second kappa shape index (κ2) is 5.58. The van der Waals surface area contributed by atoms with Gasteiger partial charge in [0.05, 0.1) is 0 Å². The summed E-state index contributed by atoms with van der Waals surface area (Å²) < 4.78 is 0. The zero-order valence-corrected chi connectivity index (χ0v) is 13.5. The number of aromatic nitrogens is 2. The van der Waals surface area contributed by atoms with Crippen LogP contribution in [-0.2, 0) is 5.41 Å². The Balaban J connectivity index is 2.28. The molecule has 1 aromatic heterocycles. The van der Waals surface area contributed by atoms with Gasteiger partial charge in [-0.05, 0) is 25.7 Å². The van der Waals surface area contributed by atoms with E-state index in [1.807, 2.05) is 6.92 Å². The molecule has 0 bridgehead atoms. The smallest absolute Gasteiger partial charge is 0.138 e. The number of nitrogens with one attached hydrogen (secondary N) is 1. The van der Waals surface area contributed by atoms with Gasteiger partial charge in [0.2, 0.25) is 0 Å². The first-order valence-electron chi connectivity index (χ1n) is 7.70. The molecule has 20 heavy (non-hydrogen) atoms. The second-order valence-electron chi connectivity index (χ2n) is 7.17. The van der Waals surface area contributed by atoms with E-state index in [1.54, 1.807) is 0 Å². The Labute approximate surface area is 122 Å². The van der Waals surface area contributed by atoms with Gasteiger partial charge in [-0.25, -0.2) is 9.97 Å². The highest BCUT2D eigenvalue weighted by Crippen LogP contribution is 2.29. The fourth-order valence-electron chi connectivity index (χ4n) is 2.72. The summed E-state index contributed by atoms with van der Waals surface area (Å²) in [6, 6.07) is 0.504. The van der Waals surface area contributed by atoms with E-state index in [0.717, 1.165) is 17.2 Å². The lowest BCUT2D eigenvalue weighted by Gasteiger charge is -2.31. The fourth-order valence-corrected chi connectivity index (χ4v) is 2.72. The van der Waals surface area contributed by atoms with Gasteiger partial charge in [-0.2, -0.15) is 0 Å². The molecule has 1 aliphatic rings. The van der Waals surface area contributed by atoms with E-state index in [-0.39, 0.29) is 5.41 Å². The molecule has 4 heteroatoms. The van der Waals surface area contributed by atoms with Crippen molar-refractivity contribution in [2.45, 2.75) is 71.8 Å². The summed E-state index contributed by atoms with van der Waals surface area (Å²) in [4.78, 5) is 9.17. The number of nitrogen functional groups attached to an aromatic ring is 1. The van der Waals surface area contributed by atoms with Crippen LogP contribution in [0.15, 0.2) is 0 Å². The summed E-state index contributed by atoms with van der Waals surface area (Å²) >= 11 is 0. The van der Waals surface area contributed by atoms with Crippen LogP contribution in [0.4, 0.5) is 11.6 Å². The molecule has 1 saturated carbocycles. The Morgan fingerprint density at radius 3 is 2.40 bits per heavy atom. The Kier molecular flexibility index (Phi) is 4.21. The molecule has 0 aromatic carbocycles. The van der Waals surface area contributed by atoms with Crippen LogP contribution in [0.5, 0.6) is 0 Å². The minimum Gasteiger partial charge on any atom is -0.383 e. The van der Waals surface area contributed by atoms with Crippen molar-refractivity contribution in [3.05, 3.63) is 11.4 Å². The topological polar surface area (TPSA) is 63.8 Å². The molecule has 0 amide bonds. The molecule has 112 valence electrons. The van der Waals surface area contributed by atoms with Crippen molar-refractivity contribution in [3.8, 4) is 0 Å². The largest absolute Gasteiger partial charge is 0.383 e. The third-order valence-corrected chi connectivity index (χ3v) is 4.29. The SMILES string of the molecule is Cc1c(N)nc(C(C)(C)C)nc1NC1CCCCC1C. The summed E-state index contributed by atoms with van der Waals surface area (Å²) in [5, 5.41) is 3.62. The van der Waals surface area contributed by atoms with Crippen molar-refractivity contribution < 1.29 is 0 Å². The van der Waals surface area contributed by atoms with Crippen molar-refractivity contribution in [2.24, 2.45) is 5.92 Å². The van der Waals surface area contributed by atoms with Gasteiger partial charge >= 0.3 is 0 Å². The molecule has 1 heterocycles. The van der Waals surface area contributed by atoms with Crippen LogP contribution < -0.4 is 11.1 Å². The molecule has 3 N–H and O–H groups in total. The third kappa shape index (κ3) is 3.22. The van der Waals surface area contributed by atoms with E-state index in [4.69, 9.17) is 10.7 Å². The van der Waals surface area contributed by atoms with Crippen LogP contribution >= 0.6 is 0 Å². The molecule has 0 spiro atoms. The highest BCUT2D eigenvalue weighted by molar-refractivity contribution is 5.55. The number of hydrogen-bond donors (Lipinski definition) is 2. The Bertz CT molecular complexity index is 476. The van der Waals surface area contributed by atoms with Crippen LogP contribution in [0.2, 0.25) is 0 Å². The number of hydrogen-bond acceptors (Lipinski definition) is 4. The van der Waals surface area contributed by atoms with E-state index in [0.29, 0.717) is 17.8 Å². The van der Waals surface area contributed by atoms with Crippen molar-refractivity contribution in [3.63, 3.8) is 0 Å². The Morgan fingerprint density at radius 2 is 1.80 bits per heavy atom. The number of anilines is 2. The van der Waals surface area contributed by atoms with Crippen molar-refractivity contribution in [1.82, 2.24) is 9.97 Å². The van der Waals surface area contributed by atoms with Gasteiger partial charge in [0.15, 0.2) is 0 Å². The van der Waals surface area contributed by atoms with Crippen molar-refractivity contribution in [2.75, 3.05) is 11.1 Å². The second-order valence-corrected chi connectivity index (χ2v) is 7.17. The average Bonchev–Trinajstić information content (AvgIpc) is 2.36. The fraction of sp³-hybridized carbons (Fsp3) is 0.750. The monoisotopic (exact) mass is 276 g/mol. The molecule has 2 unspecified atom stereocenters. The maximum Gasteiger partial charge on any atom is 0.138 e. The van der Waals surface area contributed by atoms with Gasteiger partial charge < -0.3 is 11.1 Å². The number of rotatable bonds is 2. The predicted molar refractivity (Wildman–Crippen MR) is 84.9 cm³/mol. The minimum atomic E-state index is -0.0869. The maximum atomic E-state index is 6.07. The minimum absolute atomic E-state index is 0.0869. The summed E-state index contributed by atoms with van der Waals surface area (Å²) in [5.74, 6) is 3.01. The summed E-state index contributed by atoms with van der Waals surface area (Å²) in [6.45, 7) is 10.7. The molecule has 0 saturated heterocycles. The molecule has 4 nitrogen and oxygen atoms in total. The molecule has 2 rings (SSSR count). The van der Waals surface area contributed by atoms with Crippen LogP contribution in [0.1, 0.15) is 64.8 Å². The van der Waals surface area contributed by atoms with E-state index in [9.17, 15) is 0 Å². The lowest BCUT2D eigenvalue weighted by Crippen LogP contribution is -2.31. The molecule has 1 fully saturated rings. The highest BCUT2D eigenvalue weighted by Gasteiger charge is 2.24. The Hall–Kier alpha value is -1.32. The summed E-state index contributed by atoms with van der Waals surface area (Å²) in [7, 11) is 0. The summed E-state index contributed by atoms with van der Waals surface area (Å²) in [6.07, 6.45) is 5.16. The molecular weight excluding hydrogens is 248 g/mol. The quantitative estimate of drug-likeness (QED) is 0.865. The molecule has 1 aromatic rings. The molecule has 2 atom stereocenters. The van der Waals surface area contributed by atoms with Gasteiger partial charge in [-0.3, -0.25) is 0 Å². The number of nitrogens with two attached hydrogens (primary N) is 1. The van der Waals surface area contributed by atoms with Gasteiger partial charge in [0.25, 0.3) is 0 Å². The predicted octanol–water partition coefficient (Wildman–Crippen LogP) is 3.66. The van der Waals surface area contributed by atoms with Crippen molar-refractivity contribution in [1.29, 1.82) is 0 Å². The van der Waals surface area contributed by atoms with Crippen molar-refractivity contribution >= 4 is 11.6 Å². The van der Waals surface area contributed by atoms with Crippen LogP contribution in [0, 0.1) is 12.8 Å². The lowest BCUT2D eigenvalue weighted by atomic mass is 9.86. The van der Waals surface area contributed by atoms with Gasteiger partial charge in [0, 0.05) is 17.0 Å². The third-order valence-electron chi connectivity index (χ3n) is 4.29. The van der Waals surface area contributed by atoms with Gasteiger partial charge in [0.1, 0.15) is 17.5 Å². The highest BCUT2D eigenvalue weighted by atomic mass is 15.1. The maximum absolute atomic E-state index is 6.07. The lowest BCUT2D eigenvalue weighted by molar-refractivity contribution is 0.348. The van der Waals surface area contributed by atoms with E-state index in [1.165, 1.54) is 25.7 Å². The normalized spacial score (nSPS) is 23.6. The van der Waals surface area contributed by atoms with E-state index in [2.05, 4.69) is 38.0 Å². The molecular formula is C16H28N4. The zero-order valence-electron chi connectivity index (χ0n) is 13.5. The molecule has 0 radical (unpaired) electrons. The average molecular weight is 276 g/mol. The first-order chi connectivity index (χ1) is 9.29. The molecule has 0 aliphatic heterocycles. The van der Waals surface area contributed by atoms with E-state index >= 15 is 0 Å². The first kappa shape index (κ1) is 15.1.